The second kappa shape index (κ2) is 7.32. The molecule has 0 fully saturated rings. The predicted octanol–water partition coefficient (Wildman–Crippen LogP) is 0.445. The molecule has 9 nitrogen and oxygen atoms in total. The zero-order valence-electron chi connectivity index (χ0n) is 13.7. The van der Waals surface area contributed by atoms with Gasteiger partial charge in [-0.1, -0.05) is 0 Å². The fraction of sp³-hybridized carbons (Fsp3) is 0.312. The quantitative estimate of drug-likeness (QED) is 0.593. The van der Waals surface area contributed by atoms with Crippen molar-refractivity contribution in [3.8, 4) is 0 Å². The third-order valence-electron chi connectivity index (χ3n) is 3.67. The Balaban J connectivity index is 1.81. The number of methoxy groups -OCH3 is 1. The first-order valence-corrected chi connectivity index (χ1v) is 7.75. The van der Waals surface area contributed by atoms with Crippen LogP contribution in [0.15, 0.2) is 30.1 Å². The summed E-state index contributed by atoms with van der Waals surface area (Å²) in [4.78, 5) is 30.7. The Morgan fingerprint density at radius 3 is 3.04 bits per heavy atom. The fourth-order valence-corrected chi connectivity index (χ4v) is 2.28. The average Bonchev–Trinajstić information content (AvgIpc) is 3.04. The van der Waals surface area contributed by atoms with Crippen LogP contribution in [0.2, 0.25) is 0 Å². The number of aromatic amines is 1. The van der Waals surface area contributed by atoms with E-state index >= 15 is 0 Å². The van der Waals surface area contributed by atoms with Gasteiger partial charge in [-0.3, -0.25) is 10.1 Å². The number of nitrogens with one attached hydrogen (secondary N) is 3. The Hall–Kier alpha value is -2.91. The number of carbonyl (C=O) groups is 2. The van der Waals surface area contributed by atoms with E-state index in [1.165, 1.54) is 13.3 Å². The van der Waals surface area contributed by atoms with Gasteiger partial charge in [0.15, 0.2) is 0 Å². The van der Waals surface area contributed by atoms with Gasteiger partial charge in [0, 0.05) is 17.5 Å². The zero-order chi connectivity index (χ0) is 17.8. The Morgan fingerprint density at radius 2 is 2.32 bits per heavy atom. The molecule has 0 aromatic carbocycles. The maximum absolute atomic E-state index is 11.7. The van der Waals surface area contributed by atoms with Crippen LogP contribution in [-0.4, -0.2) is 42.3 Å². The van der Waals surface area contributed by atoms with Gasteiger partial charge in [0.25, 0.3) is 0 Å². The highest BCUT2D eigenvalue weighted by Gasteiger charge is 2.32. The minimum atomic E-state index is -0.607. The van der Waals surface area contributed by atoms with E-state index < -0.39 is 6.09 Å². The molecule has 2 aliphatic heterocycles. The summed E-state index contributed by atoms with van der Waals surface area (Å²) in [6.45, 7) is 0.531. The molecule has 1 aliphatic carbocycles. The Kier molecular flexibility index (Phi) is 4.96. The van der Waals surface area contributed by atoms with Crippen LogP contribution < -0.4 is 16.4 Å². The number of fused-ring (bicyclic) bond motifs is 9. The summed E-state index contributed by atoms with van der Waals surface area (Å²) in [5.74, 6) is 0.440. The first kappa shape index (κ1) is 16.9. The molecule has 2 amide bonds. The zero-order valence-corrected chi connectivity index (χ0v) is 13.7. The fourth-order valence-electron chi connectivity index (χ4n) is 2.28. The first-order valence-electron chi connectivity index (χ1n) is 7.75. The average molecular weight is 345 g/mol. The maximum Gasteiger partial charge on any atom is 0.411 e. The standard InChI is InChI=1S/C16H19N5O4/c1-24-16(23)19-9-2-3-10-13-14(10)21-15(20-13)11(17)8-25-7-5-12(22)18-6-4-9/h2-4,6,11H,5,7-8,17H2,1H3,(H,18,22)(H,19,23)(H,20,21)/t11-/m0/s1. The normalized spacial score (nSPS) is 22.3. The number of rotatable bonds is 1. The molecule has 4 bridgehead atoms. The van der Waals surface area contributed by atoms with Crippen LogP contribution in [-0.2, 0) is 14.3 Å². The number of ether oxygens (including phenoxy) is 2. The molecule has 132 valence electrons. The lowest BCUT2D eigenvalue weighted by atomic mass is 10.3. The van der Waals surface area contributed by atoms with Crippen LogP contribution in [0, 0.1) is 0 Å². The number of amides is 2. The molecule has 3 aliphatic rings. The third-order valence-corrected chi connectivity index (χ3v) is 3.67. The summed E-state index contributed by atoms with van der Waals surface area (Å²) in [5.41, 5.74) is 9.17. The molecule has 1 aromatic rings. The van der Waals surface area contributed by atoms with Crippen molar-refractivity contribution in [1.82, 2.24) is 20.6 Å². The molecular weight excluding hydrogens is 326 g/mol. The van der Waals surface area contributed by atoms with Crippen molar-refractivity contribution < 1.29 is 19.1 Å². The topological polar surface area (TPSA) is 131 Å². The number of carbonyl (C=O) groups excluding carboxylic acids is 2. The molecule has 0 saturated carbocycles. The van der Waals surface area contributed by atoms with E-state index in [0.29, 0.717) is 11.5 Å². The lowest BCUT2D eigenvalue weighted by Gasteiger charge is -2.10. The van der Waals surface area contributed by atoms with Crippen molar-refractivity contribution in [2.75, 3.05) is 20.3 Å². The second-order valence-electron chi connectivity index (χ2n) is 5.50. The van der Waals surface area contributed by atoms with Gasteiger partial charge in [0.2, 0.25) is 5.91 Å². The highest BCUT2D eigenvalue weighted by atomic mass is 16.5. The van der Waals surface area contributed by atoms with Gasteiger partial charge >= 0.3 is 6.09 Å². The Labute approximate surface area is 144 Å². The number of imidazole rings is 1. The Morgan fingerprint density at radius 1 is 1.48 bits per heavy atom. The van der Waals surface area contributed by atoms with Crippen LogP contribution in [0.3, 0.4) is 0 Å². The van der Waals surface area contributed by atoms with Crippen molar-refractivity contribution in [3.05, 3.63) is 47.3 Å². The number of hydrogen-bond donors (Lipinski definition) is 4. The number of allylic oxidation sites excluding steroid dienone is 3. The number of aromatic nitrogens is 2. The van der Waals surface area contributed by atoms with Gasteiger partial charge in [-0.2, -0.15) is 0 Å². The van der Waals surface area contributed by atoms with Gasteiger partial charge < -0.3 is 25.5 Å². The molecule has 0 saturated heterocycles. The van der Waals surface area contributed by atoms with Crippen LogP contribution >= 0.6 is 0 Å². The first-order chi connectivity index (χ1) is 12.1. The lowest BCUT2D eigenvalue weighted by Crippen LogP contribution is -2.24. The van der Waals surface area contributed by atoms with Crippen LogP contribution in [0.25, 0.3) is 5.57 Å². The van der Waals surface area contributed by atoms with Crippen LogP contribution in [0.5, 0.6) is 0 Å². The number of nitrogens with zero attached hydrogens (tertiary/aromatic N) is 1. The van der Waals surface area contributed by atoms with Crippen LogP contribution in [0.1, 0.15) is 29.7 Å². The van der Waals surface area contributed by atoms with Crippen molar-refractivity contribution >= 4 is 17.6 Å². The molecule has 4 rings (SSSR count). The molecule has 0 radical (unpaired) electrons. The molecule has 1 aromatic heterocycles. The summed E-state index contributed by atoms with van der Waals surface area (Å²) < 4.78 is 10.00. The molecule has 0 unspecified atom stereocenters. The molecule has 25 heavy (non-hydrogen) atoms. The van der Waals surface area contributed by atoms with E-state index in [2.05, 4.69) is 25.3 Å². The minimum Gasteiger partial charge on any atom is -0.453 e. The number of nitrogens with two attached hydrogens (primary N) is 1. The van der Waals surface area contributed by atoms with Gasteiger partial charge in [-0.05, 0) is 18.2 Å². The van der Waals surface area contributed by atoms with E-state index in [1.54, 1.807) is 12.2 Å². The molecular formula is C16H19N5O4. The van der Waals surface area contributed by atoms with Crippen molar-refractivity contribution in [2.45, 2.75) is 12.5 Å². The summed E-state index contributed by atoms with van der Waals surface area (Å²) in [7, 11) is 1.27. The second-order valence-corrected chi connectivity index (χ2v) is 5.50. The highest BCUT2D eigenvalue weighted by molar-refractivity contribution is 5.97. The Bertz CT molecular complexity index is 754. The monoisotopic (exact) mass is 345 g/mol. The molecule has 9 heteroatoms. The van der Waals surface area contributed by atoms with Crippen molar-refractivity contribution in [1.29, 1.82) is 0 Å². The molecule has 3 heterocycles. The predicted molar refractivity (Wildman–Crippen MR) is 88.9 cm³/mol. The van der Waals surface area contributed by atoms with E-state index in [0.717, 1.165) is 17.0 Å². The van der Waals surface area contributed by atoms with Crippen LogP contribution in [0.4, 0.5) is 4.79 Å². The van der Waals surface area contributed by atoms with Gasteiger partial charge in [-0.15, -0.1) is 0 Å². The summed E-state index contributed by atoms with van der Waals surface area (Å²) in [6, 6.07) is -0.378. The number of hydrogen-bond acceptors (Lipinski definition) is 6. The molecule has 1 atom stereocenters. The minimum absolute atomic E-state index is 0.194. The van der Waals surface area contributed by atoms with Gasteiger partial charge in [-0.25, -0.2) is 9.78 Å². The molecule has 5 N–H and O–H groups in total. The number of H-pyrrole nitrogens is 1. The largest absolute Gasteiger partial charge is 0.453 e. The summed E-state index contributed by atoms with van der Waals surface area (Å²) in [6.07, 6.45) is 6.10. The van der Waals surface area contributed by atoms with E-state index in [1.807, 2.05) is 6.08 Å². The third kappa shape index (κ3) is 4.14. The van der Waals surface area contributed by atoms with Crippen molar-refractivity contribution in [2.24, 2.45) is 5.73 Å². The van der Waals surface area contributed by atoms with Gasteiger partial charge in [0.05, 0.1) is 44.2 Å². The lowest BCUT2D eigenvalue weighted by molar-refractivity contribution is -0.121. The SMILES string of the molecule is COC(=O)NC1=C/C=C2\c3nc([nH]c32)[C@@H](N)COCCC(=O)NC=C1. The van der Waals surface area contributed by atoms with E-state index in [-0.39, 0.29) is 31.6 Å². The molecule has 0 spiro atoms. The number of alkyl carbamates (subject to hydrolysis) is 1. The maximum atomic E-state index is 11.7. The van der Waals surface area contributed by atoms with Gasteiger partial charge in [0.1, 0.15) is 5.82 Å². The summed E-state index contributed by atoms with van der Waals surface area (Å²) in [5, 5.41) is 5.16. The highest BCUT2D eigenvalue weighted by Crippen LogP contribution is 2.40. The summed E-state index contributed by atoms with van der Waals surface area (Å²) >= 11 is 0. The van der Waals surface area contributed by atoms with E-state index in [4.69, 9.17) is 10.5 Å². The van der Waals surface area contributed by atoms with E-state index in [9.17, 15) is 9.59 Å². The van der Waals surface area contributed by atoms with Crippen molar-refractivity contribution in [3.63, 3.8) is 0 Å². The smallest absolute Gasteiger partial charge is 0.411 e.